The number of unbranched alkanes of at least 4 members (excludes halogenated alkanes) is 13. The van der Waals surface area contributed by atoms with E-state index in [9.17, 15) is 30.0 Å². The molecule has 0 aliphatic heterocycles. The maximum Gasteiger partial charge on any atom is 0.306 e. The van der Waals surface area contributed by atoms with Gasteiger partial charge in [-0.1, -0.05) is 135 Å². The highest BCUT2D eigenvalue weighted by molar-refractivity contribution is 5.70. The third kappa shape index (κ3) is 22.8. The third-order valence-corrected chi connectivity index (χ3v) is 9.50. The summed E-state index contributed by atoms with van der Waals surface area (Å²) in [6.45, 7) is 6.16. The zero-order valence-electron chi connectivity index (χ0n) is 30.7. The first-order valence-electron chi connectivity index (χ1n) is 19.5. The quantitative estimate of drug-likeness (QED) is 0.0340. The van der Waals surface area contributed by atoms with Crippen LogP contribution in [0.1, 0.15) is 162 Å². The average Bonchev–Trinajstić information content (AvgIpc) is 3.32. The van der Waals surface area contributed by atoms with Crippen molar-refractivity contribution in [3.8, 4) is 0 Å². The van der Waals surface area contributed by atoms with Gasteiger partial charge in [0.1, 0.15) is 6.61 Å². The van der Waals surface area contributed by atoms with Crippen LogP contribution in [0.25, 0.3) is 0 Å². The highest BCUT2D eigenvalue weighted by Crippen LogP contribution is 2.36. The van der Waals surface area contributed by atoms with Crippen LogP contribution in [0.3, 0.4) is 0 Å². The maximum atomic E-state index is 12.3. The molecule has 8 nitrogen and oxygen atoms in total. The highest BCUT2D eigenvalue weighted by atomic mass is 16.6. The summed E-state index contributed by atoms with van der Waals surface area (Å²) in [6.07, 6.45) is 26.2. The van der Waals surface area contributed by atoms with Crippen molar-refractivity contribution in [1.29, 1.82) is 0 Å². The van der Waals surface area contributed by atoms with E-state index < -0.39 is 37.0 Å². The Morgan fingerprint density at radius 2 is 1.38 bits per heavy atom. The summed E-state index contributed by atoms with van der Waals surface area (Å²) < 4.78 is 10.6. The molecule has 48 heavy (non-hydrogen) atoms. The molecule has 1 aliphatic carbocycles. The molecule has 280 valence electrons. The van der Waals surface area contributed by atoms with Gasteiger partial charge in [0.05, 0.1) is 24.9 Å². The number of carbonyl (C=O) groups excluding carboxylic acids is 2. The Bertz CT molecular complexity index is 856. The van der Waals surface area contributed by atoms with Crippen molar-refractivity contribution in [2.24, 2.45) is 17.8 Å². The predicted molar refractivity (Wildman–Crippen MR) is 193 cm³/mol. The van der Waals surface area contributed by atoms with Crippen molar-refractivity contribution in [3.63, 3.8) is 0 Å². The van der Waals surface area contributed by atoms with Gasteiger partial charge in [-0.25, -0.2) is 0 Å². The van der Waals surface area contributed by atoms with Gasteiger partial charge in [-0.15, -0.1) is 0 Å². The van der Waals surface area contributed by atoms with E-state index in [-0.39, 0.29) is 30.8 Å². The van der Waals surface area contributed by atoms with Crippen LogP contribution < -0.4 is 0 Å². The molecule has 0 aromatic carbocycles. The van der Waals surface area contributed by atoms with E-state index >= 15 is 0 Å². The van der Waals surface area contributed by atoms with Gasteiger partial charge in [0.15, 0.2) is 6.10 Å². The second-order valence-electron chi connectivity index (χ2n) is 14.5. The van der Waals surface area contributed by atoms with Crippen LogP contribution in [0.2, 0.25) is 0 Å². The molecule has 1 aliphatic rings. The van der Waals surface area contributed by atoms with Gasteiger partial charge >= 0.3 is 11.9 Å². The Balaban J connectivity index is 2.13. The van der Waals surface area contributed by atoms with Crippen molar-refractivity contribution >= 4 is 11.9 Å². The number of aliphatic hydroxyl groups is 4. The van der Waals surface area contributed by atoms with Crippen LogP contribution >= 0.6 is 0 Å². The Hall–Kier alpha value is -1.74. The van der Waals surface area contributed by atoms with Crippen molar-refractivity contribution in [2.45, 2.75) is 186 Å². The Morgan fingerprint density at radius 1 is 0.771 bits per heavy atom. The van der Waals surface area contributed by atoms with Crippen molar-refractivity contribution in [1.82, 2.24) is 0 Å². The van der Waals surface area contributed by atoms with Crippen molar-refractivity contribution in [3.05, 3.63) is 24.3 Å². The maximum absolute atomic E-state index is 12.3. The molecule has 1 fully saturated rings. The first kappa shape index (κ1) is 44.3. The number of carbonyl (C=O) groups is 2. The second kappa shape index (κ2) is 29.0. The van der Waals surface area contributed by atoms with Gasteiger partial charge < -0.3 is 29.9 Å². The molecule has 6 atom stereocenters. The minimum Gasteiger partial charge on any atom is -0.462 e. The van der Waals surface area contributed by atoms with Gasteiger partial charge in [-0.05, 0) is 43.9 Å². The minimum absolute atomic E-state index is 0.123. The fraction of sp³-hybridized carbons (Fsp3) is 0.850. The topological polar surface area (TPSA) is 134 Å². The molecule has 0 unspecified atom stereocenters. The summed E-state index contributed by atoms with van der Waals surface area (Å²) in [5.74, 6) is -0.279. The number of esters is 2. The molecule has 8 heteroatoms. The van der Waals surface area contributed by atoms with Gasteiger partial charge in [-0.3, -0.25) is 9.59 Å². The summed E-state index contributed by atoms with van der Waals surface area (Å²) >= 11 is 0. The number of rotatable bonds is 30. The molecule has 1 rings (SSSR count). The van der Waals surface area contributed by atoms with E-state index in [0.29, 0.717) is 38.5 Å². The first-order chi connectivity index (χ1) is 23.2. The lowest BCUT2D eigenvalue weighted by Crippen LogP contribution is -2.28. The van der Waals surface area contributed by atoms with E-state index in [0.717, 1.165) is 44.4 Å². The summed E-state index contributed by atoms with van der Waals surface area (Å²) in [6, 6.07) is 0. The van der Waals surface area contributed by atoms with E-state index in [1.165, 1.54) is 57.8 Å². The van der Waals surface area contributed by atoms with Crippen LogP contribution in [0, 0.1) is 17.8 Å². The molecule has 4 N–H and O–H groups in total. The van der Waals surface area contributed by atoms with E-state index in [1.54, 1.807) is 6.08 Å². The summed E-state index contributed by atoms with van der Waals surface area (Å²) in [7, 11) is 0. The van der Waals surface area contributed by atoms with E-state index in [1.807, 2.05) is 18.2 Å². The molecule has 0 amide bonds. The number of allylic oxidation sites excluding steroid dienone is 2. The summed E-state index contributed by atoms with van der Waals surface area (Å²) in [4.78, 5) is 24.4. The van der Waals surface area contributed by atoms with E-state index in [4.69, 9.17) is 9.47 Å². The molecule has 1 saturated carbocycles. The lowest BCUT2D eigenvalue weighted by atomic mass is 9.89. The van der Waals surface area contributed by atoms with Crippen LogP contribution in [0.4, 0.5) is 0 Å². The molecule has 0 spiro atoms. The molecule has 0 heterocycles. The van der Waals surface area contributed by atoms with Gasteiger partial charge in [-0.2, -0.15) is 0 Å². The predicted octanol–water partition coefficient (Wildman–Crippen LogP) is 8.13. The molecule has 0 aromatic rings. The first-order valence-corrected chi connectivity index (χ1v) is 19.5. The van der Waals surface area contributed by atoms with Gasteiger partial charge in [0.25, 0.3) is 0 Å². The summed E-state index contributed by atoms with van der Waals surface area (Å²) in [5.41, 5.74) is 0. The number of hydrogen-bond acceptors (Lipinski definition) is 8. The smallest absolute Gasteiger partial charge is 0.306 e. The lowest BCUT2D eigenvalue weighted by Gasteiger charge is -2.19. The van der Waals surface area contributed by atoms with Gasteiger partial charge in [0, 0.05) is 25.2 Å². The standard InChI is InChI=1S/C40H72O8/c1-4-5-17-23-33(42)27-28-36-35(37(43)29-38(36)44)24-19-15-16-21-26-40(46)48-34(30-41)31-47-39(45)25-20-14-12-10-8-6-7-9-11-13-18-22-32(2)3/h15,19,27-28,32-38,41-44H,4-14,16-18,20-26,29-31H2,1-3H3/b19-15+,28-27+/t33-,34-,35+,36+,37-,38+/m0/s1. The average molecular weight is 681 g/mol. The minimum atomic E-state index is -0.863. The molecule has 0 bridgehead atoms. The number of aliphatic hydroxyl groups excluding tert-OH is 4. The van der Waals surface area contributed by atoms with Crippen LogP contribution in [-0.4, -0.2) is 70.0 Å². The molecular weight excluding hydrogens is 608 g/mol. The second-order valence-corrected chi connectivity index (χ2v) is 14.5. The Labute approximate surface area is 292 Å². The van der Waals surface area contributed by atoms with Crippen molar-refractivity contribution < 1.29 is 39.5 Å². The Morgan fingerprint density at radius 3 is 2.00 bits per heavy atom. The van der Waals surface area contributed by atoms with Crippen LogP contribution in [-0.2, 0) is 19.1 Å². The zero-order chi connectivity index (χ0) is 35.4. The molecule has 0 radical (unpaired) electrons. The van der Waals surface area contributed by atoms with Crippen LogP contribution in [0.5, 0.6) is 0 Å². The van der Waals surface area contributed by atoms with Crippen LogP contribution in [0.15, 0.2) is 24.3 Å². The van der Waals surface area contributed by atoms with Crippen molar-refractivity contribution in [2.75, 3.05) is 13.2 Å². The highest BCUT2D eigenvalue weighted by Gasteiger charge is 2.39. The molecular formula is C40H72O8. The third-order valence-electron chi connectivity index (χ3n) is 9.50. The largest absolute Gasteiger partial charge is 0.462 e. The van der Waals surface area contributed by atoms with Gasteiger partial charge in [0.2, 0.25) is 0 Å². The summed E-state index contributed by atoms with van der Waals surface area (Å²) in [5, 5.41) is 40.7. The normalized spacial score (nSPS) is 21.0. The molecule has 0 aromatic heterocycles. The fourth-order valence-electron chi connectivity index (χ4n) is 6.44. The SMILES string of the molecule is CCCCC[C@H](O)/C=C/[C@@H]1[C@@H](C/C=C/CCCC(=O)O[C@@H](CO)COC(=O)CCCCCCCCCCCCCC(C)C)[C@@H](O)C[C@H]1O. The monoisotopic (exact) mass is 681 g/mol. The number of ether oxygens (including phenoxy) is 2. The zero-order valence-corrected chi connectivity index (χ0v) is 30.7. The fourth-order valence-corrected chi connectivity index (χ4v) is 6.44. The van der Waals surface area contributed by atoms with E-state index in [2.05, 4.69) is 20.8 Å². The molecule has 0 saturated heterocycles. The Kier molecular flexibility index (Phi) is 26.8. The lowest BCUT2D eigenvalue weighted by molar-refractivity contribution is -0.161. The number of hydrogen-bond donors (Lipinski definition) is 4.